The minimum atomic E-state index is 0.335. The molecule has 78 valence electrons. The lowest BCUT2D eigenvalue weighted by molar-refractivity contribution is 0.425. The first-order valence-electron chi connectivity index (χ1n) is 4.17. The lowest BCUT2D eigenvalue weighted by Gasteiger charge is -2.11. The largest absolute Gasteiger partial charge is 0.381 e. The summed E-state index contributed by atoms with van der Waals surface area (Å²) >= 11 is 11.5. The third kappa shape index (κ3) is 3.65. The molecule has 0 aliphatic heterocycles. The van der Waals surface area contributed by atoms with Gasteiger partial charge in [0.15, 0.2) is 10.3 Å². The van der Waals surface area contributed by atoms with Gasteiger partial charge < -0.3 is 10.2 Å². The molecule has 1 aromatic rings. The van der Waals surface area contributed by atoms with Crippen LogP contribution in [0.2, 0.25) is 10.3 Å². The average Bonchev–Trinajstić information content (AvgIpc) is 2.10. The molecule has 1 rings (SSSR count). The molecule has 4 nitrogen and oxygen atoms in total. The van der Waals surface area contributed by atoms with Crippen molar-refractivity contribution in [3.63, 3.8) is 0 Å². The third-order valence-electron chi connectivity index (χ3n) is 1.59. The maximum atomic E-state index is 5.80. The first kappa shape index (κ1) is 11.5. The van der Waals surface area contributed by atoms with Gasteiger partial charge in [0.2, 0.25) is 0 Å². The van der Waals surface area contributed by atoms with Crippen LogP contribution in [0.15, 0.2) is 6.07 Å². The fourth-order valence-corrected chi connectivity index (χ4v) is 1.20. The number of nitrogens with one attached hydrogen (secondary N) is 1. The van der Waals surface area contributed by atoms with Crippen LogP contribution in [0, 0.1) is 0 Å². The molecule has 0 amide bonds. The van der Waals surface area contributed by atoms with Crippen LogP contribution in [0.1, 0.15) is 0 Å². The molecule has 0 radical (unpaired) electrons. The lowest BCUT2D eigenvalue weighted by Crippen LogP contribution is -2.21. The highest BCUT2D eigenvalue weighted by molar-refractivity contribution is 6.33. The highest BCUT2D eigenvalue weighted by atomic mass is 35.5. The van der Waals surface area contributed by atoms with E-state index in [9.17, 15) is 0 Å². The molecule has 14 heavy (non-hydrogen) atoms. The zero-order chi connectivity index (χ0) is 10.6. The van der Waals surface area contributed by atoms with Crippen LogP contribution in [0.5, 0.6) is 0 Å². The number of rotatable bonds is 4. The molecule has 0 atom stereocenters. The van der Waals surface area contributed by atoms with Crippen LogP contribution < -0.4 is 5.32 Å². The van der Waals surface area contributed by atoms with E-state index in [1.54, 1.807) is 6.07 Å². The summed E-state index contributed by atoms with van der Waals surface area (Å²) in [5.74, 6) is 0. The SMILES string of the molecule is CN(C)CCNc1cc(Cl)nnc1Cl. The quantitative estimate of drug-likeness (QED) is 0.863. The van der Waals surface area contributed by atoms with Gasteiger partial charge >= 0.3 is 0 Å². The van der Waals surface area contributed by atoms with Gasteiger partial charge in [-0.15, -0.1) is 10.2 Å². The molecular formula is C8H12Cl2N4. The van der Waals surface area contributed by atoms with E-state index in [1.165, 1.54) is 0 Å². The van der Waals surface area contributed by atoms with Gasteiger partial charge in [-0.2, -0.15) is 0 Å². The van der Waals surface area contributed by atoms with Crippen LogP contribution in [-0.2, 0) is 0 Å². The average molecular weight is 235 g/mol. The molecule has 1 heterocycles. The van der Waals surface area contributed by atoms with E-state index in [0.717, 1.165) is 13.1 Å². The van der Waals surface area contributed by atoms with Gasteiger partial charge in [-0.25, -0.2) is 0 Å². The Morgan fingerprint density at radius 3 is 2.71 bits per heavy atom. The zero-order valence-corrected chi connectivity index (χ0v) is 9.60. The van der Waals surface area contributed by atoms with Crippen molar-refractivity contribution in [1.82, 2.24) is 15.1 Å². The van der Waals surface area contributed by atoms with E-state index < -0.39 is 0 Å². The Labute approximate surface area is 93.2 Å². The molecule has 1 aromatic heterocycles. The van der Waals surface area contributed by atoms with Crippen LogP contribution >= 0.6 is 23.2 Å². The predicted molar refractivity (Wildman–Crippen MR) is 59.1 cm³/mol. The fourth-order valence-electron chi connectivity index (χ4n) is 0.891. The van der Waals surface area contributed by atoms with Gasteiger partial charge in [0.05, 0.1) is 5.69 Å². The molecule has 0 spiro atoms. The normalized spacial score (nSPS) is 10.6. The molecule has 0 unspecified atom stereocenters. The van der Waals surface area contributed by atoms with Gasteiger partial charge in [0.25, 0.3) is 0 Å². The van der Waals surface area contributed by atoms with Crippen LogP contribution in [0.4, 0.5) is 5.69 Å². The maximum absolute atomic E-state index is 5.80. The Morgan fingerprint density at radius 2 is 2.07 bits per heavy atom. The maximum Gasteiger partial charge on any atom is 0.174 e. The first-order valence-corrected chi connectivity index (χ1v) is 4.92. The predicted octanol–water partition coefficient (Wildman–Crippen LogP) is 1.76. The number of anilines is 1. The van der Waals surface area contributed by atoms with Crippen molar-refractivity contribution in [2.45, 2.75) is 0 Å². The summed E-state index contributed by atoms with van der Waals surface area (Å²) in [7, 11) is 4.00. The Kier molecular flexibility index (Phi) is 4.38. The molecule has 0 aliphatic carbocycles. The second kappa shape index (κ2) is 5.34. The molecule has 0 saturated carbocycles. The van der Waals surface area contributed by atoms with Gasteiger partial charge in [-0.05, 0) is 14.1 Å². The van der Waals surface area contributed by atoms with Crippen molar-refractivity contribution < 1.29 is 0 Å². The summed E-state index contributed by atoms with van der Waals surface area (Å²) in [4.78, 5) is 2.07. The highest BCUT2D eigenvalue weighted by Gasteiger charge is 2.02. The number of hydrogen-bond donors (Lipinski definition) is 1. The van der Waals surface area contributed by atoms with Crippen molar-refractivity contribution in [1.29, 1.82) is 0 Å². The number of likely N-dealkylation sites (N-methyl/N-ethyl adjacent to an activating group) is 1. The second-order valence-corrected chi connectivity index (χ2v) is 3.85. The van der Waals surface area contributed by atoms with Crippen molar-refractivity contribution >= 4 is 28.9 Å². The Hall–Kier alpha value is -0.580. The van der Waals surface area contributed by atoms with Crippen LogP contribution in [-0.4, -0.2) is 42.3 Å². The number of hydrogen-bond acceptors (Lipinski definition) is 4. The van der Waals surface area contributed by atoms with Crippen LogP contribution in [0.25, 0.3) is 0 Å². The fraction of sp³-hybridized carbons (Fsp3) is 0.500. The summed E-state index contributed by atoms with van der Waals surface area (Å²) < 4.78 is 0. The van der Waals surface area contributed by atoms with Crippen molar-refractivity contribution in [2.75, 3.05) is 32.5 Å². The number of nitrogens with zero attached hydrogens (tertiary/aromatic N) is 3. The first-order chi connectivity index (χ1) is 6.59. The standard InChI is InChI=1S/C8H12Cl2N4/c1-14(2)4-3-11-6-5-7(9)12-13-8(6)10/h5H,3-4H2,1-2H3,(H,11,12). The summed E-state index contributed by atoms with van der Waals surface area (Å²) in [5, 5.41) is 11.1. The molecular weight excluding hydrogens is 223 g/mol. The van der Waals surface area contributed by atoms with Crippen molar-refractivity contribution in [3.05, 3.63) is 16.4 Å². The minimum Gasteiger partial charge on any atom is -0.381 e. The number of aromatic nitrogens is 2. The summed E-state index contributed by atoms with van der Waals surface area (Å²) in [6.07, 6.45) is 0. The smallest absolute Gasteiger partial charge is 0.174 e. The van der Waals surface area contributed by atoms with Gasteiger partial charge in [-0.1, -0.05) is 23.2 Å². The highest BCUT2D eigenvalue weighted by Crippen LogP contribution is 2.20. The second-order valence-electron chi connectivity index (χ2n) is 3.10. The van der Waals surface area contributed by atoms with Gasteiger partial charge in [0, 0.05) is 19.2 Å². The molecule has 0 aliphatic rings. The van der Waals surface area contributed by atoms with Gasteiger partial charge in [0.1, 0.15) is 0 Å². The molecule has 0 fully saturated rings. The molecule has 0 aromatic carbocycles. The molecule has 1 N–H and O–H groups in total. The zero-order valence-electron chi connectivity index (χ0n) is 8.09. The summed E-state index contributed by atoms with van der Waals surface area (Å²) in [5.41, 5.74) is 0.716. The lowest BCUT2D eigenvalue weighted by atomic mass is 10.4. The molecule has 0 bridgehead atoms. The molecule has 0 saturated heterocycles. The van der Waals surface area contributed by atoms with Gasteiger partial charge in [-0.3, -0.25) is 0 Å². The van der Waals surface area contributed by atoms with E-state index in [1.807, 2.05) is 14.1 Å². The third-order valence-corrected chi connectivity index (χ3v) is 2.06. The minimum absolute atomic E-state index is 0.335. The van der Waals surface area contributed by atoms with Crippen molar-refractivity contribution in [3.8, 4) is 0 Å². The van der Waals surface area contributed by atoms with E-state index in [-0.39, 0.29) is 0 Å². The Bertz CT molecular complexity index is 303. The van der Waals surface area contributed by atoms with Crippen molar-refractivity contribution in [2.24, 2.45) is 0 Å². The van der Waals surface area contributed by atoms with E-state index in [2.05, 4.69) is 20.4 Å². The summed E-state index contributed by atoms with van der Waals surface area (Å²) in [6.45, 7) is 1.70. The van der Waals surface area contributed by atoms with E-state index >= 15 is 0 Å². The monoisotopic (exact) mass is 234 g/mol. The Morgan fingerprint density at radius 1 is 1.36 bits per heavy atom. The molecule has 6 heteroatoms. The topological polar surface area (TPSA) is 41.0 Å². The Balaban J connectivity index is 2.53. The summed E-state index contributed by atoms with van der Waals surface area (Å²) in [6, 6.07) is 1.66. The van der Waals surface area contributed by atoms with E-state index in [4.69, 9.17) is 23.2 Å². The van der Waals surface area contributed by atoms with E-state index in [0.29, 0.717) is 16.0 Å². The number of halogens is 2. The van der Waals surface area contributed by atoms with Crippen LogP contribution in [0.3, 0.4) is 0 Å².